The predicted octanol–water partition coefficient (Wildman–Crippen LogP) is 5.14. The molecule has 1 aromatic carbocycles. The molecule has 0 aliphatic carbocycles. The number of aryl methyl sites for hydroxylation is 1. The van der Waals surface area contributed by atoms with Crippen molar-refractivity contribution in [3.63, 3.8) is 0 Å². The normalized spacial score (nSPS) is 11.1. The maximum absolute atomic E-state index is 12.1. The van der Waals surface area contributed by atoms with Crippen LogP contribution in [0, 0.1) is 6.92 Å². The van der Waals surface area contributed by atoms with Crippen LogP contribution in [0.1, 0.15) is 5.56 Å². The molecule has 2 nitrogen and oxygen atoms in total. The molecule has 0 radical (unpaired) electrons. The van der Waals surface area contributed by atoms with Gasteiger partial charge in [-0.15, -0.1) is 11.3 Å². The highest BCUT2D eigenvalue weighted by molar-refractivity contribution is 7.13. The van der Waals surface area contributed by atoms with E-state index in [1.807, 2.05) is 24.4 Å². The highest BCUT2D eigenvalue weighted by Crippen LogP contribution is 2.34. The second kappa shape index (κ2) is 4.67. The molecule has 3 rings (SSSR count). The zero-order valence-electron chi connectivity index (χ0n) is 9.87. The van der Waals surface area contributed by atoms with Gasteiger partial charge in [0.05, 0.1) is 10.6 Å². The third-order valence-electron chi connectivity index (χ3n) is 2.95. The Hall–Kier alpha value is -1.29. The van der Waals surface area contributed by atoms with Crippen LogP contribution in [0.15, 0.2) is 38.9 Å². The fourth-order valence-corrected chi connectivity index (χ4v) is 3.43. The van der Waals surface area contributed by atoms with E-state index in [1.165, 1.54) is 11.3 Å². The Balaban J connectivity index is 2.47. The summed E-state index contributed by atoms with van der Waals surface area (Å²) in [5.41, 5.74) is 1.41. The molecule has 2 heterocycles. The number of halogens is 2. The smallest absolute Gasteiger partial charge is 0.345 e. The lowest BCUT2D eigenvalue weighted by Gasteiger charge is -2.07. The Kier molecular flexibility index (Phi) is 3.13. The van der Waals surface area contributed by atoms with Gasteiger partial charge in [-0.25, -0.2) is 4.79 Å². The molecule has 2 aromatic heterocycles. The SMILES string of the molecule is Cc1c(-c2cccs2)c(=O)oc2c(Cl)cc(Cl)cc12. The van der Waals surface area contributed by atoms with Crippen molar-refractivity contribution >= 4 is 45.5 Å². The van der Waals surface area contributed by atoms with Crippen molar-refractivity contribution in [2.24, 2.45) is 0 Å². The van der Waals surface area contributed by atoms with Crippen molar-refractivity contribution in [2.45, 2.75) is 6.92 Å². The lowest BCUT2D eigenvalue weighted by atomic mass is 10.1. The molecule has 0 spiro atoms. The van der Waals surface area contributed by atoms with Crippen LogP contribution in [-0.2, 0) is 0 Å². The summed E-state index contributed by atoms with van der Waals surface area (Å²) < 4.78 is 5.34. The van der Waals surface area contributed by atoms with Gasteiger partial charge in [0.25, 0.3) is 0 Å². The van der Waals surface area contributed by atoms with E-state index < -0.39 is 0 Å². The summed E-state index contributed by atoms with van der Waals surface area (Å²) in [4.78, 5) is 13.0. The first kappa shape index (κ1) is 12.7. The van der Waals surface area contributed by atoms with Gasteiger partial charge in [-0.05, 0) is 36.1 Å². The predicted molar refractivity (Wildman–Crippen MR) is 80.6 cm³/mol. The van der Waals surface area contributed by atoms with Gasteiger partial charge in [0, 0.05) is 15.3 Å². The average molecular weight is 311 g/mol. The van der Waals surface area contributed by atoms with Crippen molar-refractivity contribution < 1.29 is 4.42 Å². The average Bonchev–Trinajstić information content (AvgIpc) is 2.85. The molecule has 96 valence electrons. The van der Waals surface area contributed by atoms with Crippen LogP contribution in [0.2, 0.25) is 10.0 Å². The zero-order valence-corrected chi connectivity index (χ0v) is 12.2. The molecular formula is C14H8Cl2O2S. The number of hydrogen-bond donors (Lipinski definition) is 0. The molecule has 0 bridgehead atoms. The molecule has 0 unspecified atom stereocenters. The molecule has 0 saturated heterocycles. The van der Waals surface area contributed by atoms with Gasteiger partial charge >= 0.3 is 5.63 Å². The van der Waals surface area contributed by atoms with E-state index in [1.54, 1.807) is 12.1 Å². The van der Waals surface area contributed by atoms with Crippen molar-refractivity contribution in [3.05, 3.63) is 55.7 Å². The molecule has 0 amide bonds. The summed E-state index contributed by atoms with van der Waals surface area (Å²) in [7, 11) is 0. The quantitative estimate of drug-likeness (QED) is 0.583. The first-order valence-corrected chi connectivity index (χ1v) is 7.18. The number of rotatable bonds is 1. The van der Waals surface area contributed by atoms with Crippen LogP contribution in [0.4, 0.5) is 0 Å². The second-order valence-electron chi connectivity index (χ2n) is 4.13. The first-order valence-electron chi connectivity index (χ1n) is 5.54. The van der Waals surface area contributed by atoms with E-state index in [-0.39, 0.29) is 5.63 Å². The number of hydrogen-bond acceptors (Lipinski definition) is 3. The second-order valence-corrected chi connectivity index (χ2v) is 5.92. The molecule has 3 aromatic rings. The van der Waals surface area contributed by atoms with E-state index in [4.69, 9.17) is 27.6 Å². The van der Waals surface area contributed by atoms with Crippen LogP contribution in [0.3, 0.4) is 0 Å². The molecule has 19 heavy (non-hydrogen) atoms. The maximum Gasteiger partial charge on any atom is 0.345 e. The molecular weight excluding hydrogens is 303 g/mol. The van der Waals surface area contributed by atoms with E-state index in [2.05, 4.69) is 0 Å². The molecule has 0 fully saturated rings. The van der Waals surface area contributed by atoms with Crippen molar-refractivity contribution in [1.82, 2.24) is 0 Å². The summed E-state index contributed by atoms with van der Waals surface area (Å²) in [5, 5.41) is 3.55. The van der Waals surface area contributed by atoms with Gasteiger partial charge in [0.2, 0.25) is 0 Å². The minimum Gasteiger partial charge on any atom is -0.421 e. The Morgan fingerprint density at radius 1 is 1.26 bits per heavy atom. The third kappa shape index (κ3) is 2.08. The van der Waals surface area contributed by atoms with Gasteiger partial charge in [0.15, 0.2) is 5.58 Å². The van der Waals surface area contributed by atoms with Crippen LogP contribution in [-0.4, -0.2) is 0 Å². The summed E-state index contributed by atoms with van der Waals surface area (Å²) in [6.45, 7) is 1.88. The van der Waals surface area contributed by atoms with Crippen LogP contribution in [0.25, 0.3) is 21.4 Å². The van der Waals surface area contributed by atoms with Gasteiger partial charge in [0.1, 0.15) is 0 Å². The molecule has 5 heteroatoms. The summed E-state index contributed by atoms with van der Waals surface area (Å²) in [5.74, 6) is 0. The van der Waals surface area contributed by atoms with Crippen molar-refractivity contribution in [1.29, 1.82) is 0 Å². The van der Waals surface area contributed by atoms with Gasteiger partial charge in [-0.3, -0.25) is 0 Å². The third-order valence-corrected chi connectivity index (χ3v) is 4.34. The summed E-state index contributed by atoms with van der Waals surface area (Å²) in [6.07, 6.45) is 0. The molecule has 0 N–H and O–H groups in total. The summed E-state index contributed by atoms with van der Waals surface area (Å²) >= 11 is 13.6. The molecule has 0 saturated carbocycles. The van der Waals surface area contributed by atoms with Crippen LogP contribution >= 0.6 is 34.5 Å². The Morgan fingerprint density at radius 3 is 2.74 bits per heavy atom. The Labute approximate surface area is 123 Å². The van der Waals surface area contributed by atoms with Gasteiger partial charge in [-0.1, -0.05) is 29.3 Å². The lowest BCUT2D eigenvalue weighted by molar-refractivity contribution is 0.563. The fourth-order valence-electron chi connectivity index (χ4n) is 2.08. The van der Waals surface area contributed by atoms with Crippen molar-refractivity contribution in [3.8, 4) is 10.4 Å². The summed E-state index contributed by atoms with van der Waals surface area (Å²) in [6, 6.07) is 7.12. The standard InChI is InChI=1S/C14H8Cl2O2S/c1-7-9-5-8(15)6-10(16)13(9)18-14(17)12(7)11-3-2-4-19-11/h2-6H,1H3. The van der Waals surface area contributed by atoms with Crippen LogP contribution in [0.5, 0.6) is 0 Å². The van der Waals surface area contributed by atoms with E-state index in [9.17, 15) is 4.79 Å². The Bertz CT molecular complexity index is 820. The zero-order chi connectivity index (χ0) is 13.6. The highest BCUT2D eigenvalue weighted by Gasteiger charge is 2.16. The van der Waals surface area contributed by atoms with E-state index in [0.29, 0.717) is 21.2 Å². The number of benzene rings is 1. The minimum atomic E-state index is -0.378. The highest BCUT2D eigenvalue weighted by atomic mass is 35.5. The number of thiophene rings is 1. The Morgan fingerprint density at radius 2 is 2.05 bits per heavy atom. The van der Waals surface area contributed by atoms with Gasteiger partial charge in [-0.2, -0.15) is 0 Å². The first-order chi connectivity index (χ1) is 9.08. The van der Waals surface area contributed by atoms with Gasteiger partial charge < -0.3 is 4.42 Å². The topological polar surface area (TPSA) is 30.2 Å². The van der Waals surface area contributed by atoms with E-state index >= 15 is 0 Å². The van der Waals surface area contributed by atoms with E-state index in [0.717, 1.165) is 15.8 Å². The fraction of sp³-hybridized carbons (Fsp3) is 0.0714. The molecule has 0 aliphatic heterocycles. The molecule has 0 atom stereocenters. The minimum absolute atomic E-state index is 0.348. The monoisotopic (exact) mass is 310 g/mol. The van der Waals surface area contributed by atoms with Crippen molar-refractivity contribution in [2.75, 3.05) is 0 Å². The number of fused-ring (bicyclic) bond motifs is 1. The largest absolute Gasteiger partial charge is 0.421 e. The molecule has 0 aliphatic rings. The lowest BCUT2D eigenvalue weighted by Crippen LogP contribution is -2.05. The van der Waals surface area contributed by atoms with Crippen LogP contribution < -0.4 is 5.63 Å². The maximum atomic E-state index is 12.1.